The average Bonchev–Trinajstić information content (AvgIpc) is 2.98. The number of ether oxygens (including phenoxy) is 2. The number of methoxy groups -OCH3 is 2. The number of ketones is 1. The topological polar surface area (TPSA) is 35.5 Å². The number of carbonyl (C=O) groups is 1. The lowest BCUT2D eigenvalue weighted by molar-refractivity contribution is -0.130. The molecule has 0 aliphatic heterocycles. The van der Waals surface area contributed by atoms with Gasteiger partial charge in [-0.2, -0.15) is 0 Å². The summed E-state index contributed by atoms with van der Waals surface area (Å²) < 4.78 is 10.5. The first-order valence-electron chi connectivity index (χ1n) is 10.1. The van der Waals surface area contributed by atoms with Gasteiger partial charge in [0.25, 0.3) is 0 Å². The fraction of sp³-hybridized carbons (Fsp3) is 0.346. The molecule has 0 spiro atoms. The Balaban J connectivity index is 1.68. The Kier molecular flexibility index (Phi) is 4.85. The van der Waals surface area contributed by atoms with E-state index in [4.69, 9.17) is 9.47 Å². The summed E-state index contributed by atoms with van der Waals surface area (Å²) in [4.78, 5) is 13.0. The minimum absolute atomic E-state index is 0.0692. The van der Waals surface area contributed by atoms with Crippen molar-refractivity contribution in [3.8, 4) is 11.5 Å². The van der Waals surface area contributed by atoms with Crippen LogP contribution < -0.4 is 9.47 Å². The molecule has 2 aliphatic rings. The molecule has 0 saturated heterocycles. The molecule has 0 unspecified atom stereocenters. The second-order valence-corrected chi connectivity index (χ2v) is 8.67. The van der Waals surface area contributed by atoms with Crippen LogP contribution in [0.15, 0.2) is 66.3 Å². The van der Waals surface area contributed by atoms with E-state index >= 15 is 0 Å². The van der Waals surface area contributed by atoms with E-state index in [1.165, 1.54) is 11.1 Å². The molecule has 3 nitrogen and oxygen atoms in total. The van der Waals surface area contributed by atoms with Crippen LogP contribution in [0.3, 0.4) is 0 Å². The van der Waals surface area contributed by atoms with Crippen LogP contribution in [-0.4, -0.2) is 20.0 Å². The highest BCUT2D eigenvalue weighted by atomic mass is 16.5. The maximum atomic E-state index is 13.0. The van der Waals surface area contributed by atoms with Gasteiger partial charge in [-0.15, -0.1) is 0 Å². The van der Waals surface area contributed by atoms with Crippen molar-refractivity contribution in [1.29, 1.82) is 0 Å². The highest BCUT2D eigenvalue weighted by Crippen LogP contribution is 2.61. The van der Waals surface area contributed by atoms with Crippen LogP contribution in [0.2, 0.25) is 0 Å². The molecular formula is C26H28O3. The summed E-state index contributed by atoms with van der Waals surface area (Å²) in [5, 5.41) is 0. The predicted molar refractivity (Wildman–Crippen MR) is 116 cm³/mol. The number of hydrogen-bond acceptors (Lipinski definition) is 3. The molecule has 4 rings (SSSR count). The summed E-state index contributed by atoms with van der Waals surface area (Å²) in [6.07, 6.45) is 7.98. The molecule has 0 N–H and O–H groups in total. The highest BCUT2D eigenvalue weighted by molar-refractivity contribution is 5.90. The van der Waals surface area contributed by atoms with Crippen molar-refractivity contribution in [3.05, 3.63) is 77.4 Å². The Morgan fingerprint density at radius 1 is 0.897 bits per heavy atom. The lowest BCUT2D eigenvalue weighted by atomic mass is 9.59. The molecule has 150 valence electrons. The largest absolute Gasteiger partial charge is 0.497 e. The van der Waals surface area contributed by atoms with E-state index in [0.717, 1.165) is 23.5 Å². The van der Waals surface area contributed by atoms with Gasteiger partial charge in [0, 0.05) is 23.2 Å². The minimum atomic E-state index is -0.364. The molecule has 2 aromatic rings. The van der Waals surface area contributed by atoms with Gasteiger partial charge in [-0.05, 0) is 54.3 Å². The summed E-state index contributed by atoms with van der Waals surface area (Å²) in [5.74, 6) is 2.20. The number of fused-ring (bicyclic) bond motifs is 2. The molecule has 0 radical (unpaired) electrons. The quantitative estimate of drug-likeness (QED) is 0.648. The van der Waals surface area contributed by atoms with Crippen molar-refractivity contribution in [3.63, 3.8) is 0 Å². The summed E-state index contributed by atoms with van der Waals surface area (Å²) in [6, 6.07) is 16.2. The molecule has 2 aliphatic carbocycles. The zero-order valence-corrected chi connectivity index (χ0v) is 17.6. The van der Waals surface area contributed by atoms with Crippen LogP contribution >= 0.6 is 0 Å². The molecule has 0 amide bonds. The first-order chi connectivity index (χ1) is 13.9. The molecular weight excluding hydrogens is 360 g/mol. The number of rotatable bonds is 5. The van der Waals surface area contributed by atoms with Crippen LogP contribution in [0.5, 0.6) is 11.5 Å². The Labute approximate surface area is 173 Å². The van der Waals surface area contributed by atoms with Gasteiger partial charge in [-0.3, -0.25) is 4.79 Å². The summed E-state index contributed by atoms with van der Waals surface area (Å²) in [5.41, 5.74) is 3.14. The lowest BCUT2D eigenvalue weighted by Gasteiger charge is -2.43. The van der Waals surface area contributed by atoms with Crippen LogP contribution in [0.25, 0.3) is 6.08 Å². The monoisotopic (exact) mass is 388 g/mol. The van der Waals surface area contributed by atoms with Crippen molar-refractivity contribution < 1.29 is 14.3 Å². The number of hydrogen-bond donors (Lipinski definition) is 0. The van der Waals surface area contributed by atoms with Gasteiger partial charge in [-0.25, -0.2) is 0 Å². The van der Waals surface area contributed by atoms with E-state index in [1.54, 1.807) is 14.2 Å². The average molecular weight is 389 g/mol. The van der Waals surface area contributed by atoms with Crippen LogP contribution in [-0.2, 0) is 4.79 Å². The molecule has 0 heterocycles. The maximum absolute atomic E-state index is 13.0. The van der Waals surface area contributed by atoms with Crippen molar-refractivity contribution in [2.75, 3.05) is 14.2 Å². The minimum Gasteiger partial charge on any atom is -0.497 e. The van der Waals surface area contributed by atoms with Gasteiger partial charge < -0.3 is 9.47 Å². The third-order valence-electron chi connectivity index (χ3n) is 6.75. The number of allylic oxidation sites excluding steroid dienone is 3. The predicted octanol–water partition coefficient (Wildman–Crippen LogP) is 5.82. The molecule has 1 fully saturated rings. The van der Waals surface area contributed by atoms with E-state index in [9.17, 15) is 4.79 Å². The van der Waals surface area contributed by atoms with Crippen molar-refractivity contribution in [2.45, 2.75) is 32.6 Å². The van der Waals surface area contributed by atoms with E-state index < -0.39 is 0 Å². The smallest absolute Gasteiger partial charge is 0.143 e. The van der Waals surface area contributed by atoms with Crippen LogP contribution in [0.1, 0.15) is 43.7 Å². The zero-order valence-electron chi connectivity index (χ0n) is 17.6. The third-order valence-corrected chi connectivity index (χ3v) is 6.75. The number of carbonyl (C=O) groups excluding carboxylic acids is 1. The molecule has 0 aromatic heterocycles. The Bertz CT molecular complexity index is 968. The Morgan fingerprint density at radius 2 is 1.48 bits per heavy atom. The normalized spacial score (nSPS) is 28.5. The van der Waals surface area contributed by atoms with Crippen molar-refractivity contribution >= 4 is 11.9 Å². The van der Waals surface area contributed by atoms with Gasteiger partial charge in [0.2, 0.25) is 0 Å². The molecule has 3 atom stereocenters. The highest BCUT2D eigenvalue weighted by Gasteiger charge is 2.55. The Morgan fingerprint density at radius 3 is 2.07 bits per heavy atom. The van der Waals surface area contributed by atoms with E-state index in [-0.39, 0.29) is 16.7 Å². The second-order valence-electron chi connectivity index (χ2n) is 8.67. The Hall–Kier alpha value is -2.81. The first-order valence-corrected chi connectivity index (χ1v) is 10.1. The summed E-state index contributed by atoms with van der Waals surface area (Å²) in [6.45, 7) is 4.40. The fourth-order valence-corrected chi connectivity index (χ4v) is 5.03. The maximum Gasteiger partial charge on any atom is 0.143 e. The van der Waals surface area contributed by atoms with Gasteiger partial charge in [0.15, 0.2) is 0 Å². The summed E-state index contributed by atoms with van der Waals surface area (Å²) in [7, 11) is 3.35. The number of Topliss-reactive ketones (excluding diaryl/α,β-unsaturated/α-hetero) is 1. The van der Waals surface area contributed by atoms with Gasteiger partial charge >= 0.3 is 0 Å². The first kappa shape index (κ1) is 19.5. The fourth-order valence-electron chi connectivity index (χ4n) is 5.03. The van der Waals surface area contributed by atoms with Gasteiger partial charge in [0.05, 0.1) is 14.2 Å². The lowest BCUT2D eigenvalue weighted by Crippen LogP contribution is -2.39. The standard InChI is InChI=1S/C26H28O3/c1-25-16-20(10-5-18-6-11-21(28-3)12-7-18)26(2,17-25)23(15-24(25)27)19-8-13-22(29-4)14-9-19/h5-14,16,23H,15,17H2,1-4H3/b10-5+/t23-,25+,26-/m0/s1. The third kappa shape index (κ3) is 3.39. The van der Waals surface area contributed by atoms with Gasteiger partial charge in [-0.1, -0.05) is 49.4 Å². The molecule has 29 heavy (non-hydrogen) atoms. The van der Waals surface area contributed by atoms with E-state index in [1.807, 2.05) is 36.4 Å². The van der Waals surface area contributed by atoms with Gasteiger partial charge in [0.1, 0.15) is 17.3 Å². The second kappa shape index (κ2) is 7.22. The SMILES string of the molecule is COc1ccc(/C=C/C2=C[C@]3(C)C[C@]2(C)[C@H](c2ccc(OC)cc2)CC3=O)cc1. The molecule has 1 saturated carbocycles. The molecule has 2 bridgehead atoms. The van der Waals surface area contributed by atoms with Crippen LogP contribution in [0.4, 0.5) is 0 Å². The zero-order chi connectivity index (χ0) is 20.6. The van der Waals surface area contributed by atoms with Crippen LogP contribution in [0, 0.1) is 10.8 Å². The number of benzene rings is 2. The van der Waals surface area contributed by atoms with Crippen molar-refractivity contribution in [1.82, 2.24) is 0 Å². The van der Waals surface area contributed by atoms with E-state index in [2.05, 4.69) is 44.2 Å². The summed E-state index contributed by atoms with van der Waals surface area (Å²) >= 11 is 0. The van der Waals surface area contributed by atoms with E-state index in [0.29, 0.717) is 12.2 Å². The van der Waals surface area contributed by atoms with Crippen molar-refractivity contribution in [2.24, 2.45) is 10.8 Å². The molecule has 2 aromatic carbocycles. The molecule has 3 heteroatoms.